The molecule has 0 saturated heterocycles. The van der Waals surface area contributed by atoms with Gasteiger partial charge in [-0.05, 0) is 47.7 Å². The lowest BCUT2D eigenvalue weighted by Gasteiger charge is -2.31. The molecule has 0 fully saturated rings. The maximum absolute atomic E-state index is 13.9. The summed E-state index contributed by atoms with van der Waals surface area (Å²) in [5, 5.41) is 3.03. The van der Waals surface area contributed by atoms with Crippen molar-refractivity contribution >= 4 is 17.5 Å². The van der Waals surface area contributed by atoms with Crippen molar-refractivity contribution in [2.75, 3.05) is 18.1 Å². The summed E-state index contributed by atoms with van der Waals surface area (Å²) in [7, 11) is 0. The second kappa shape index (κ2) is 8.86. The average Bonchev–Trinajstić information content (AvgIpc) is 3.13. The molecule has 3 rings (SSSR count). The molecule has 5 nitrogen and oxygen atoms in total. The third-order valence-corrected chi connectivity index (χ3v) is 5.43. The summed E-state index contributed by atoms with van der Waals surface area (Å²) >= 11 is 0. The van der Waals surface area contributed by atoms with Gasteiger partial charge in [0.15, 0.2) is 11.6 Å². The van der Waals surface area contributed by atoms with Gasteiger partial charge in [0.25, 0.3) is 5.91 Å². The van der Waals surface area contributed by atoms with E-state index in [0.717, 1.165) is 17.7 Å². The highest BCUT2D eigenvalue weighted by atomic mass is 19.1. The smallest absolute Gasteiger partial charge is 0.251 e. The molecule has 0 radical (unpaired) electrons. The topological polar surface area (TPSA) is 58.6 Å². The van der Waals surface area contributed by atoms with Crippen molar-refractivity contribution in [1.29, 1.82) is 0 Å². The Labute approximate surface area is 177 Å². The summed E-state index contributed by atoms with van der Waals surface area (Å²) in [5.41, 5.74) is 2.13. The van der Waals surface area contributed by atoms with Gasteiger partial charge in [0.2, 0.25) is 5.91 Å². The van der Waals surface area contributed by atoms with Crippen LogP contribution in [-0.4, -0.2) is 31.0 Å². The number of benzene rings is 2. The lowest BCUT2D eigenvalue weighted by Crippen LogP contribution is -2.47. The van der Waals surface area contributed by atoms with Crippen LogP contribution in [0.2, 0.25) is 0 Å². The lowest BCUT2D eigenvalue weighted by atomic mass is 9.87. The number of hydrogen-bond donors (Lipinski definition) is 1. The van der Waals surface area contributed by atoms with Gasteiger partial charge in [-0.2, -0.15) is 0 Å². The SMILES string of the molecule is CCC(=O)N1CCc2cc(C(=O)NC(COc3ccccc3F)C(C)(C)C)ccc21. The van der Waals surface area contributed by atoms with Crippen LogP contribution in [0.25, 0.3) is 0 Å². The zero-order valence-corrected chi connectivity index (χ0v) is 18.0. The molecule has 6 heteroatoms. The quantitative estimate of drug-likeness (QED) is 0.768. The van der Waals surface area contributed by atoms with Gasteiger partial charge in [-0.15, -0.1) is 0 Å². The first-order valence-electron chi connectivity index (χ1n) is 10.3. The molecule has 2 aromatic carbocycles. The first kappa shape index (κ1) is 21.8. The molecular weight excluding hydrogens is 383 g/mol. The van der Waals surface area contributed by atoms with Crippen LogP contribution in [0.15, 0.2) is 42.5 Å². The molecule has 1 unspecified atom stereocenters. The number of carbonyl (C=O) groups is 2. The lowest BCUT2D eigenvalue weighted by molar-refractivity contribution is -0.118. The van der Waals surface area contributed by atoms with E-state index in [1.165, 1.54) is 6.07 Å². The van der Waals surface area contributed by atoms with Crippen molar-refractivity contribution in [3.8, 4) is 5.75 Å². The number of amides is 2. The molecule has 0 aliphatic carbocycles. The Kier molecular flexibility index (Phi) is 6.44. The van der Waals surface area contributed by atoms with Gasteiger partial charge < -0.3 is 15.0 Å². The molecule has 1 heterocycles. The van der Waals surface area contributed by atoms with Crippen molar-refractivity contribution in [1.82, 2.24) is 5.32 Å². The molecule has 30 heavy (non-hydrogen) atoms. The van der Waals surface area contributed by atoms with Gasteiger partial charge in [-0.3, -0.25) is 9.59 Å². The van der Waals surface area contributed by atoms with Gasteiger partial charge in [0.1, 0.15) is 6.61 Å². The summed E-state index contributed by atoms with van der Waals surface area (Å²) in [4.78, 5) is 26.8. The number of halogens is 1. The number of hydrogen-bond acceptors (Lipinski definition) is 3. The third kappa shape index (κ3) is 4.81. The average molecular weight is 413 g/mol. The molecule has 0 aromatic heterocycles. The Bertz CT molecular complexity index is 936. The van der Waals surface area contributed by atoms with Crippen LogP contribution in [-0.2, 0) is 11.2 Å². The van der Waals surface area contributed by atoms with Crippen molar-refractivity contribution in [3.63, 3.8) is 0 Å². The molecule has 0 spiro atoms. The highest BCUT2D eigenvalue weighted by Crippen LogP contribution is 2.30. The number of rotatable bonds is 6. The number of nitrogens with zero attached hydrogens (tertiary/aromatic N) is 1. The fourth-order valence-corrected chi connectivity index (χ4v) is 3.48. The Balaban J connectivity index is 1.72. The van der Waals surface area contributed by atoms with E-state index < -0.39 is 5.82 Å². The normalized spacial score (nSPS) is 14.2. The molecule has 0 saturated carbocycles. The van der Waals surface area contributed by atoms with E-state index in [2.05, 4.69) is 5.32 Å². The second-order valence-corrected chi connectivity index (χ2v) is 8.63. The van der Waals surface area contributed by atoms with Crippen molar-refractivity contribution < 1.29 is 18.7 Å². The maximum atomic E-state index is 13.9. The van der Waals surface area contributed by atoms with E-state index in [0.29, 0.717) is 18.5 Å². The Morgan fingerprint density at radius 3 is 2.60 bits per heavy atom. The maximum Gasteiger partial charge on any atom is 0.251 e. The van der Waals surface area contributed by atoms with E-state index >= 15 is 0 Å². The molecule has 0 bridgehead atoms. The number of carbonyl (C=O) groups excluding carboxylic acids is 2. The zero-order chi connectivity index (χ0) is 21.9. The predicted molar refractivity (Wildman–Crippen MR) is 115 cm³/mol. The summed E-state index contributed by atoms with van der Waals surface area (Å²) in [6, 6.07) is 11.3. The first-order chi connectivity index (χ1) is 14.2. The molecule has 1 N–H and O–H groups in total. The van der Waals surface area contributed by atoms with Crippen molar-refractivity contribution in [3.05, 3.63) is 59.4 Å². The monoisotopic (exact) mass is 412 g/mol. The summed E-state index contributed by atoms with van der Waals surface area (Å²) in [6.45, 7) is 8.64. The number of ether oxygens (including phenoxy) is 1. The molecule has 2 amide bonds. The van der Waals surface area contributed by atoms with Crippen LogP contribution in [0.4, 0.5) is 10.1 Å². The number of nitrogens with one attached hydrogen (secondary N) is 1. The minimum Gasteiger partial charge on any atom is -0.488 e. The van der Waals surface area contributed by atoms with E-state index in [1.807, 2.05) is 39.8 Å². The standard InChI is InChI=1S/C24H29FN2O3/c1-5-22(28)27-13-12-16-14-17(10-11-19(16)27)23(29)26-21(24(2,3)4)15-30-20-9-7-6-8-18(20)25/h6-11,14,21H,5,12-13,15H2,1-4H3,(H,26,29). The van der Waals surface area contributed by atoms with E-state index in [1.54, 1.807) is 29.2 Å². The van der Waals surface area contributed by atoms with Crippen LogP contribution < -0.4 is 15.0 Å². The van der Waals surface area contributed by atoms with E-state index in [4.69, 9.17) is 4.74 Å². The van der Waals surface area contributed by atoms with Gasteiger partial charge in [-0.1, -0.05) is 39.8 Å². The summed E-state index contributed by atoms with van der Waals surface area (Å²) in [6.07, 6.45) is 1.19. The highest BCUT2D eigenvalue weighted by molar-refractivity contribution is 5.98. The van der Waals surface area contributed by atoms with Crippen LogP contribution in [0.5, 0.6) is 5.75 Å². The van der Waals surface area contributed by atoms with Crippen LogP contribution in [0.1, 0.15) is 50.0 Å². The predicted octanol–water partition coefficient (Wildman–Crippen LogP) is 4.35. The van der Waals surface area contributed by atoms with Crippen LogP contribution in [0.3, 0.4) is 0 Å². The number of para-hydroxylation sites is 1. The fourth-order valence-electron chi connectivity index (χ4n) is 3.48. The molecule has 1 aliphatic heterocycles. The van der Waals surface area contributed by atoms with Gasteiger partial charge in [0.05, 0.1) is 6.04 Å². The Hall–Kier alpha value is -2.89. The van der Waals surface area contributed by atoms with Crippen molar-refractivity contribution in [2.45, 2.75) is 46.6 Å². The van der Waals surface area contributed by atoms with E-state index in [-0.39, 0.29) is 35.6 Å². The van der Waals surface area contributed by atoms with Gasteiger partial charge in [0, 0.05) is 24.2 Å². The first-order valence-corrected chi connectivity index (χ1v) is 10.3. The summed E-state index contributed by atoms with van der Waals surface area (Å²) in [5.74, 6) is -0.389. The number of fused-ring (bicyclic) bond motifs is 1. The minimum atomic E-state index is -0.429. The van der Waals surface area contributed by atoms with Crippen LogP contribution >= 0.6 is 0 Å². The van der Waals surface area contributed by atoms with E-state index in [9.17, 15) is 14.0 Å². The van der Waals surface area contributed by atoms with Gasteiger partial charge >= 0.3 is 0 Å². The molecule has 1 atom stereocenters. The zero-order valence-electron chi connectivity index (χ0n) is 18.0. The largest absolute Gasteiger partial charge is 0.488 e. The fraction of sp³-hybridized carbons (Fsp3) is 0.417. The highest BCUT2D eigenvalue weighted by Gasteiger charge is 2.29. The Morgan fingerprint density at radius 1 is 1.20 bits per heavy atom. The summed E-state index contributed by atoms with van der Waals surface area (Å²) < 4.78 is 19.5. The third-order valence-electron chi connectivity index (χ3n) is 5.43. The molecular formula is C24H29FN2O3. The molecule has 1 aliphatic rings. The minimum absolute atomic E-state index is 0.0871. The van der Waals surface area contributed by atoms with Crippen molar-refractivity contribution in [2.24, 2.45) is 5.41 Å². The van der Waals surface area contributed by atoms with Crippen LogP contribution in [0, 0.1) is 11.2 Å². The molecule has 2 aromatic rings. The molecule has 160 valence electrons. The Morgan fingerprint density at radius 2 is 1.93 bits per heavy atom. The second-order valence-electron chi connectivity index (χ2n) is 8.63. The number of anilines is 1. The van der Waals surface area contributed by atoms with Gasteiger partial charge in [-0.25, -0.2) is 4.39 Å².